The van der Waals surface area contributed by atoms with Crippen LogP contribution in [-0.2, 0) is 11.3 Å². The highest BCUT2D eigenvalue weighted by molar-refractivity contribution is 5.85. The highest BCUT2D eigenvalue weighted by Crippen LogP contribution is 2.24. The van der Waals surface area contributed by atoms with Crippen LogP contribution in [-0.4, -0.2) is 29.3 Å². The van der Waals surface area contributed by atoms with E-state index in [-0.39, 0.29) is 29.3 Å². The standard InChI is InChI=1S/C15H17N5O5/c1-9-14(20(23)24)10(2)19(18-9)8-13(21)17-16-7-11-5-4-6-12(25-3)15(11)22/h4-7H,8H2,1-3H3,(H2,16,17,21,22). The number of aryl methyl sites for hydroxylation is 1. The highest BCUT2D eigenvalue weighted by atomic mass is 16.6. The van der Waals surface area contributed by atoms with Crippen molar-refractivity contribution in [2.45, 2.75) is 20.4 Å². The number of H-pyrrole nitrogens is 1. The molecule has 2 N–H and O–H groups in total. The highest BCUT2D eigenvalue weighted by Gasteiger charge is 2.29. The molecule has 0 bridgehead atoms. The summed E-state index contributed by atoms with van der Waals surface area (Å²) in [5.41, 5.74) is 3.15. The number of benzene rings is 1. The summed E-state index contributed by atoms with van der Waals surface area (Å²) in [4.78, 5) is 22.4. The maximum absolute atomic E-state index is 11.9. The predicted molar refractivity (Wildman–Crippen MR) is 85.3 cm³/mol. The number of hydrazone groups is 1. The minimum Gasteiger partial charge on any atom is -0.870 e. The van der Waals surface area contributed by atoms with Crippen LogP contribution in [0.1, 0.15) is 17.0 Å². The Bertz CT molecular complexity index is 843. The first-order valence-electron chi connectivity index (χ1n) is 7.24. The van der Waals surface area contributed by atoms with Crippen molar-refractivity contribution in [1.82, 2.24) is 10.5 Å². The quantitative estimate of drug-likeness (QED) is 0.329. The summed E-state index contributed by atoms with van der Waals surface area (Å²) in [5.74, 6) is -0.671. The van der Waals surface area contributed by atoms with Gasteiger partial charge in [-0.05, 0) is 18.6 Å². The number of hydrogen-bond donors (Lipinski definition) is 2. The van der Waals surface area contributed by atoms with Gasteiger partial charge in [-0.3, -0.25) is 14.9 Å². The van der Waals surface area contributed by atoms with Gasteiger partial charge in [0.25, 0.3) is 12.2 Å². The van der Waals surface area contributed by atoms with Crippen molar-refractivity contribution >= 4 is 17.8 Å². The molecule has 1 aromatic carbocycles. The summed E-state index contributed by atoms with van der Waals surface area (Å²) in [5, 5.41) is 29.4. The normalized spacial score (nSPS) is 10.8. The van der Waals surface area contributed by atoms with E-state index in [1.807, 2.05) is 0 Å². The van der Waals surface area contributed by atoms with Crippen LogP contribution >= 0.6 is 0 Å². The molecule has 132 valence electrons. The van der Waals surface area contributed by atoms with E-state index in [0.29, 0.717) is 11.4 Å². The summed E-state index contributed by atoms with van der Waals surface area (Å²) < 4.78 is 6.26. The van der Waals surface area contributed by atoms with Crippen molar-refractivity contribution in [2.75, 3.05) is 7.11 Å². The smallest absolute Gasteiger partial charge is 0.361 e. The second-order valence-electron chi connectivity index (χ2n) is 5.19. The number of hydrogen-bond acceptors (Lipinski definition) is 6. The molecule has 0 saturated heterocycles. The van der Waals surface area contributed by atoms with Crippen LogP contribution in [0.25, 0.3) is 0 Å². The number of carbonyl (C=O) groups is 1. The lowest BCUT2D eigenvalue weighted by molar-refractivity contribution is -0.745. The lowest BCUT2D eigenvalue weighted by Gasteiger charge is -2.14. The number of aromatic nitrogens is 2. The molecule has 1 aromatic heterocycles. The monoisotopic (exact) mass is 347 g/mol. The number of methoxy groups -OCH3 is 1. The van der Waals surface area contributed by atoms with E-state index in [1.54, 1.807) is 13.0 Å². The van der Waals surface area contributed by atoms with Gasteiger partial charge in [-0.15, -0.1) is 0 Å². The molecule has 2 aromatic rings. The summed E-state index contributed by atoms with van der Waals surface area (Å²) in [7, 11) is 1.39. The molecule has 0 fully saturated rings. The van der Waals surface area contributed by atoms with E-state index in [2.05, 4.69) is 15.6 Å². The fraction of sp³-hybridized carbons (Fsp3) is 0.267. The molecule has 10 nitrogen and oxygen atoms in total. The molecule has 1 amide bonds. The minimum absolute atomic E-state index is 0.0660. The summed E-state index contributed by atoms with van der Waals surface area (Å²) in [6.07, 6.45) is 1.21. The van der Waals surface area contributed by atoms with Crippen molar-refractivity contribution in [1.29, 1.82) is 0 Å². The third-order valence-electron chi connectivity index (χ3n) is 3.51. The molecule has 0 unspecified atom stereocenters. The molecule has 10 heteroatoms. The van der Waals surface area contributed by atoms with E-state index in [9.17, 15) is 20.0 Å². The largest absolute Gasteiger partial charge is 0.870 e. The van der Waals surface area contributed by atoms with Crippen molar-refractivity contribution in [3.63, 3.8) is 0 Å². The Morgan fingerprint density at radius 1 is 1.48 bits per heavy atom. The predicted octanol–water partition coefficient (Wildman–Crippen LogP) is 0.0597. The Morgan fingerprint density at radius 2 is 2.20 bits per heavy atom. The fourth-order valence-corrected chi connectivity index (χ4v) is 2.31. The van der Waals surface area contributed by atoms with Gasteiger partial charge in [-0.25, -0.2) is 5.43 Å². The molecular weight excluding hydrogens is 330 g/mol. The van der Waals surface area contributed by atoms with Crippen LogP contribution in [0.15, 0.2) is 23.3 Å². The molecule has 0 radical (unpaired) electrons. The Kier molecular flexibility index (Phi) is 5.32. The van der Waals surface area contributed by atoms with Crippen molar-refractivity contribution in [2.24, 2.45) is 5.10 Å². The SMILES string of the molecule is COc1cccc(C=NNC(=O)C[n+]2[nH]c(C)c([N+](=O)[O-])c2C)c1[O-]. The van der Waals surface area contributed by atoms with Crippen LogP contribution in [0.5, 0.6) is 11.5 Å². The van der Waals surface area contributed by atoms with Gasteiger partial charge >= 0.3 is 11.6 Å². The molecule has 0 saturated carbocycles. The number of ether oxygens (including phenoxy) is 1. The second kappa shape index (κ2) is 7.43. The maximum atomic E-state index is 11.9. The van der Waals surface area contributed by atoms with E-state index >= 15 is 0 Å². The molecule has 0 aliphatic rings. The van der Waals surface area contributed by atoms with Crippen molar-refractivity contribution in [3.05, 3.63) is 45.3 Å². The molecule has 25 heavy (non-hydrogen) atoms. The summed E-state index contributed by atoms with van der Waals surface area (Å²) in [6, 6.07) is 4.69. The van der Waals surface area contributed by atoms with E-state index in [0.717, 1.165) is 0 Å². The Labute approximate surface area is 142 Å². The van der Waals surface area contributed by atoms with E-state index in [1.165, 1.54) is 37.1 Å². The Morgan fingerprint density at radius 3 is 2.80 bits per heavy atom. The fourth-order valence-electron chi connectivity index (χ4n) is 2.31. The number of amides is 1. The van der Waals surface area contributed by atoms with E-state index in [4.69, 9.17) is 4.74 Å². The van der Waals surface area contributed by atoms with Gasteiger partial charge < -0.3 is 9.84 Å². The second-order valence-corrected chi connectivity index (χ2v) is 5.19. The number of aromatic amines is 1. The molecule has 0 spiro atoms. The van der Waals surface area contributed by atoms with Crippen LogP contribution in [0.3, 0.4) is 0 Å². The average molecular weight is 347 g/mol. The van der Waals surface area contributed by atoms with Gasteiger partial charge in [0.2, 0.25) is 0 Å². The summed E-state index contributed by atoms with van der Waals surface area (Å²) >= 11 is 0. The molecule has 0 aliphatic heterocycles. The molecular formula is C15H17N5O5. The lowest BCUT2D eigenvalue weighted by atomic mass is 10.2. The van der Waals surface area contributed by atoms with Crippen LogP contribution in [0.4, 0.5) is 5.69 Å². The Hall–Kier alpha value is -3.43. The van der Waals surface area contributed by atoms with Gasteiger partial charge in [-0.1, -0.05) is 22.6 Å². The number of nitrogens with one attached hydrogen (secondary N) is 2. The number of rotatable bonds is 6. The molecule has 1 heterocycles. The summed E-state index contributed by atoms with van der Waals surface area (Å²) in [6.45, 7) is 2.91. The van der Waals surface area contributed by atoms with Gasteiger partial charge in [-0.2, -0.15) is 10.2 Å². The number of nitro groups is 1. The van der Waals surface area contributed by atoms with Gasteiger partial charge in [0.1, 0.15) is 5.75 Å². The van der Waals surface area contributed by atoms with Crippen molar-refractivity contribution < 1.29 is 24.2 Å². The maximum Gasteiger partial charge on any atom is 0.361 e. The van der Waals surface area contributed by atoms with Crippen LogP contribution < -0.4 is 20.0 Å². The number of nitrogens with zero attached hydrogens (tertiary/aromatic N) is 3. The minimum atomic E-state index is -0.508. The third kappa shape index (κ3) is 3.91. The van der Waals surface area contributed by atoms with Crippen molar-refractivity contribution in [3.8, 4) is 11.5 Å². The lowest BCUT2D eigenvalue weighted by Crippen LogP contribution is -2.45. The van der Waals surface area contributed by atoms with Crippen LogP contribution in [0.2, 0.25) is 0 Å². The first-order valence-corrected chi connectivity index (χ1v) is 7.24. The van der Waals surface area contributed by atoms with Gasteiger partial charge in [0, 0.05) is 6.92 Å². The molecule has 0 aliphatic carbocycles. The Balaban J connectivity index is 2.05. The number of carbonyl (C=O) groups excluding carboxylic acids is 1. The zero-order valence-corrected chi connectivity index (χ0v) is 13.9. The van der Waals surface area contributed by atoms with Gasteiger partial charge in [0.05, 0.1) is 18.2 Å². The van der Waals surface area contributed by atoms with Crippen LogP contribution in [0, 0.1) is 24.0 Å². The third-order valence-corrected chi connectivity index (χ3v) is 3.51. The van der Waals surface area contributed by atoms with E-state index < -0.39 is 10.8 Å². The topological polar surface area (TPSA) is 137 Å². The molecule has 2 rings (SSSR count). The van der Waals surface area contributed by atoms with Gasteiger partial charge in [0.15, 0.2) is 5.69 Å². The number of para-hydroxylation sites is 1. The first-order chi connectivity index (χ1) is 11.8. The zero-order valence-electron chi connectivity index (χ0n) is 13.9. The molecule has 0 atom stereocenters. The first kappa shape index (κ1) is 17.9. The average Bonchev–Trinajstić information content (AvgIpc) is 2.83. The zero-order chi connectivity index (χ0) is 18.6.